The van der Waals surface area contributed by atoms with E-state index in [1.54, 1.807) is 0 Å². The summed E-state index contributed by atoms with van der Waals surface area (Å²) in [6.45, 7) is 0. The Morgan fingerprint density at radius 2 is 2.12 bits per heavy atom. The van der Waals surface area contributed by atoms with Gasteiger partial charge < -0.3 is 4.74 Å². The number of ether oxygens (including phenoxy) is 1. The van der Waals surface area contributed by atoms with Crippen molar-refractivity contribution < 1.29 is 13.9 Å². The Kier molecular flexibility index (Phi) is 3.84. The van der Waals surface area contributed by atoms with E-state index in [0.29, 0.717) is 5.69 Å². The number of amides is 1. The molecule has 17 heavy (non-hydrogen) atoms. The third-order valence-electron chi connectivity index (χ3n) is 2.74. The van der Waals surface area contributed by atoms with Gasteiger partial charge in [-0.05, 0) is 43.9 Å². The zero-order chi connectivity index (χ0) is 12.3. The molecule has 0 aromatic heterocycles. The zero-order valence-corrected chi connectivity index (χ0v) is 9.97. The average molecular weight is 258 g/mol. The Balaban J connectivity index is 1.90. The molecule has 0 bridgehead atoms. The number of halogens is 2. The van der Waals surface area contributed by atoms with Crippen molar-refractivity contribution in [3.05, 3.63) is 29.0 Å². The summed E-state index contributed by atoms with van der Waals surface area (Å²) in [7, 11) is 0. The summed E-state index contributed by atoms with van der Waals surface area (Å²) >= 11 is 5.60. The number of rotatable bonds is 2. The van der Waals surface area contributed by atoms with E-state index in [4.69, 9.17) is 16.3 Å². The third-order valence-corrected chi connectivity index (χ3v) is 3.03. The number of hydrogen-bond acceptors (Lipinski definition) is 2. The smallest absolute Gasteiger partial charge is 0.411 e. The minimum atomic E-state index is -0.514. The molecular weight excluding hydrogens is 245 g/mol. The summed E-state index contributed by atoms with van der Waals surface area (Å²) < 4.78 is 18.1. The van der Waals surface area contributed by atoms with Gasteiger partial charge in [0.1, 0.15) is 11.9 Å². The van der Waals surface area contributed by atoms with Gasteiger partial charge >= 0.3 is 6.09 Å². The predicted octanol–water partition coefficient (Wildman–Crippen LogP) is 3.97. The summed E-state index contributed by atoms with van der Waals surface area (Å²) in [5.41, 5.74) is 0.430. The van der Waals surface area contributed by atoms with E-state index >= 15 is 0 Å². The van der Waals surface area contributed by atoms with Gasteiger partial charge in [-0.15, -0.1) is 0 Å². The molecule has 0 atom stereocenters. The highest BCUT2D eigenvalue weighted by atomic mass is 35.5. The molecule has 1 aromatic rings. The number of nitrogens with one attached hydrogen (secondary N) is 1. The molecule has 0 aliphatic heterocycles. The lowest BCUT2D eigenvalue weighted by atomic mass is 10.3. The molecule has 3 nitrogen and oxygen atoms in total. The van der Waals surface area contributed by atoms with Crippen LogP contribution in [0.3, 0.4) is 0 Å². The number of anilines is 1. The Hall–Kier alpha value is -1.29. The first-order chi connectivity index (χ1) is 8.15. The highest BCUT2D eigenvalue weighted by molar-refractivity contribution is 6.31. The van der Waals surface area contributed by atoms with Gasteiger partial charge in [0.25, 0.3) is 0 Å². The van der Waals surface area contributed by atoms with Crippen LogP contribution in [0.1, 0.15) is 25.7 Å². The van der Waals surface area contributed by atoms with Crippen LogP contribution in [0.2, 0.25) is 5.02 Å². The van der Waals surface area contributed by atoms with E-state index in [9.17, 15) is 9.18 Å². The standard InChI is InChI=1S/C12H13ClFNO2/c13-10-7-8(5-6-11(10)14)15-12(16)17-9-3-1-2-4-9/h5-7,9H,1-4H2,(H,15,16). The van der Waals surface area contributed by atoms with E-state index in [2.05, 4.69) is 5.32 Å². The lowest BCUT2D eigenvalue weighted by Gasteiger charge is -2.12. The Morgan fingerprint density at radius 3 is 2.76 bits per heavy atom. The van der Waals surface area contributed by atoms with Crippen molar-refractivity contribution in [3.8, 4) is 0 Å². The van der Waals surface area contributed by atoms with Gasteiger partial charge in [-0.3, -0.25) is 5.32 Å². The van der Waals surface area contributed by atoms with Crippen LogP contribution >= 0.6 is 11.6 Å². The maximum atomic E-state index is 12.9. The molecule has 92 valence electrons. The molecule has 0 unspecified atom stereocenters. The SMILES string of the molecule is O=C(Nc1ccc(F)c(Cl)c1)OC1CCCC1. The summed E-state index contributed by atoms with van der Waals surface area (Å²) in [6.07, 6.45) is 3.51. The molecule has 1 aliphatic rings. The quantitative estimate of drug-likeness (QED) is 0.871. The van der Waals surface area contributed by atoms with E-state index < -0.39 is 11.9 Å². The Labute approximate surface area is 104 Å². The molecule has 1 saturated carbocycles. The number of hydrogen-bond donors (Lipinski definition) is 1. The highest BCUT2D eigenvalue weighted by Gasteiger charge is 2.19. The van der Waals surface area contributed by atoms with Crippen LogP contribution in [0, 0.1) is 5.82 Å². The van der Waals surface area contributed by atoms with Gasteiger partial charge in [-0.2, -0.15) is 0 Å². The van der Waals surface area contributed by atoms with E-state index in [1.807, 2.05) is 0 Å². The molecule has 1 amide bonds. The van der Waals surface area contributed by atoms with Crippen molar-refractivity contribution in [1.29, 1.82) is 0 Å². The van der Waals surface area contributed by atoms with Crippen LogP contribution in [0.25, 0.3) is 0 Å². The van der Waals surface area contributed by atoms with Crippen LogP contribution in [-0.4, -0.2) is 12.2 Å². The second-order valence-corrected chi connectivity index (χ2v) is 4.47. The first kappa shape index (κ1) is 12.2. The van der Waals surface area contributed by atoms with E-state index in [-0.39, 0.29) is 11.1 Å². The van der Waals surface area contributed by atoms with Crippen molar-refractivity contribution >= 4 is 23.4 Å². The molecule has 5 heteroatoms. The van der Waals surface area contributed by atoms with Crippen molar-refractivity contribution in [2.75, 3.05) is 5.32 Å². The van der Waals surface area contributed by atoms with Crippen LogP contribution in [-0.2, 0) is 4.74 Å². The maximum absolute atomic E-state index is 12.9. The minimum Gasteiger partial charge on any atom is -0.446 e. The van der Waals surface area contributed by atoms with Gasteiger partial charge in [-0.1, -0.05) is 11.6 Å². The highest BCUT2D eigenvalue weighted by Crippen LogP contribution is 2.22. The van der Waals surface area contributed by atoms with Gasteiger partial charge in [0, 0.05) is 5.69 Å². The monoisotopic (exact) mass is 257 g/mol. The third kappa shape index (κ3) is 3.33. The number of carbonyl (C=O) groups excluding carboxylic acids is 1. The summed E-state index contributed by atoms with van der Waals surface area (Å²) in [5.74, 6) is -0.513. The van der Waals surface area contributed by atoms with Crippen LogP contribution < -0.4 is 5.32 Å². The van der Waals surface area contributed by atoms with Crippen LogP contribution in [0.15, 0.2) is 18.2 Å². The van der Waals surface area contributed by atoms with Crippen molar-refractivity contribution in [2.24, 2.45) is 0 Å². The van der Waals surface area contributed by atoms with Gasteiger partial charge in [-0.25, -0.2) is 9.18 Å². The van der Waals surface area contributed by atoms with Crippen LogP contribution in [0.4, 0.5) is 14.9 Å². The van der Waals surface area contributed by atoms with Gasteiger partial charge in [0.05, 0.1) is 5.02 Å². The van der Waals surface area contributed by atoms with Crippen molar-refractivity contribution in [1.82, 2.24) is 0 Å². The molecule has 0 radical (unpaired) electrons. The Morgan fingerprint density at radius 1 is 1.41 bits per heavy atom. The molecule has 1 aliphatic carbocycles. The fraction of sp³-hybridized carbons (Fsp3) is 0.417. The maximum Gasteiger partial charge on any atom is 0.411 e. The molecule has 2 rings (SSSR count). The lowest BCUT2D eigenvalue weighted by Crippen LogP contribution is -2.20. The minimum absolute atomic E-state index is 0.00548. The molecule has 0 heterocycles. The summed E-state index contributed by atoms with van der Waals surface area (Å²) in [5, 5.41) is 2.50. The summed E-state index contributed by atoms with van der Waals surface area (Å²) in [6, 6.07) is 4.00. The second kappa shape index (κ2) is 5.36. The first-order valence-electron chi connectivity index (χ1n) is 5.58. The first-order valence-corrected chi connectivity index (χ1v) is 5.95. The van der Waals surface area contributed by atoms with Crippen LogP contribution in [0.5, 0.6) is 0 Å². The molecular formula is C12H13ClFNO2. The second-order valence-electron chi connectivity index (χ2n) is 4.07. The molecule has 0 spiro atoms. The lowest BCUT2D eigenvalue weighted by molar-refractivity contribution is 0.114. The van der Waals surface area contributed by atoms with Gasteiger partial charge in [0.2, 0.25) is 0 Å². The van der Waals surface area contributed by atoms with Crippen molar-refractivity contribution in [2.45, 2.75) is 31.8 Å². The molecule has 1 fully saturated rings. The van der Waals surface area contributed by atoms with E-state index in [0.717, 1.165) is 25.7 Å². The largest absolute Gasteiger partial charge is 0.446 e. The van der Waals surface area contributed by atoms with Crippen molar-refractivity contribution in [3.63, 3.8) is 0 Å². The summed E-state index contributed by atoms with van der Waals surface area (Å²) in [4.78, 5) is 11.5. The molecule has 1 N–H and O–H groups in total. The zero-order valence-electron chi connectivity index (χ0n) is 9.21. The Bertz CT molecular complexity index is 419. The molecule has 0 saturated heterocycles. The fourth-order valence-electron chi connectivity index (χ4n) is 1.88. The number of carbonyl (C=O) groups is 1. The normalized spacial score (nSPS) is 15.9. The van der Waals surface area contributed by atoms with Gasteiger partial charge in [0.15, 0.2) is 0 Å². The predicted molar refractivity (Wildman–Crippen MR) is 63.8 cm³/mol. The van der Waals surface area contributed by atoms with E-state index in [1.165, 1.54) is 18.2 Å². The average Bonchev–Trinajstić information content (AvgIpc) is 2.76. The number of benzene rings is 1. The topological polar surface area (TPSA) is 38.3 Å². The molecule has 1 aromatic carbocycles. The fourth-order valence-corrected chi connectivity index (χ4v) is 2.06.